The van der Waals surface area contributed by atoms with E-state index >= 15 is 0 Å². The summed E-state index contributed by atoms with van der Waals surface area (Å²) in [4.78, 5) is 14.5. The first-order chi connectivity index (χ1) is 16.1. The summed E-state index contributed by atoms with van der Waals surface area (Å²) >= 11 is 0. The van der Waals surface area contributed by atoms with Gasteiger partial charge in [0, 0.05) is 23.7 Å². The summed E-state index contributed by atoms with van der Waals surface area (Å²) in [5.74, 6) is 3.38. The van der Waals surface area contributed by atoms with Gasteiger partial charge in [0.25, 0.3) is 0 Å². The first-order valence-corrected chi connectivity index (χ1v) is 13.3. The van der Waals surface area contributed by atoms with Crippen molar-refractivity contribution in [2.45, 2.75) is 91.0 Å². The molecule has 176 valence electrons. The van der Waals surface area contributed by atoms with Crippen LogP contribution in [0.2, 0.25) is 0 Å². The highest BCUT2D eigenvalue weighted by atomic mass is 14.9. The molecule has 33 heavy (non-hydrogen) atoms. The van der Waals surface area contributed by atoms with Crippen molar-refractivity contribution in [3.8, 4) is 0 Å². The number of nitrogens with zero attached hydrogens (tertiary/aromatic N) is 3. The van der Waals surface area contributed by atoms with Crippen molar-refractivity contribution in [3.05, 3.63) is 53.8 Å². The topological polar surface area (TPSA) is 37.6 Å². The number of hydrogen-bond acceptors (Lipinski definition) is 3. The highest BCUT2D eigenvalue weighted by Crippen LogP contribution is 2.37. The van der Waals surface area contributed by atoms with Crippen LogP contribution in [-0.2, 0) is 0 Å². The molecule has 3 nitrogen and oxygen atoms in total. The molecular formula is C30H41N3. The van der Waals surface area contributed by atoms with Gasteiger partial charge >= 0.3 is 0 Å². The zero-order valence-electron chi connectivity index (χ0n) is 20.8. The summed E-state index contributed by atoms with van der Waals surface area (Å²) in [5, 5.41) is 0. The third kappa shape index (κ3) is 6.40. The number of unbranched alkanes of at least 4 members (excludes halogenated alkanes) is 2. The summed E-state index contributed by atoms with van der Waals surface area (Å²) in [5.41, 5.74) is 4.64. The average molecular weight is 444 g/mol. The Labute approximate surface area is 200 Å². The Morgan fingerprint density at radius 1 is 1.06 bits per heavy atom. The summed E-state index contributed by atoms with van der Waals surface area (Å²) in [7, 11) is 0. The zero-order valence-corrected chi connectivity index (χ0v) is 20.8. The molecule has 0 aromatic carbocycles. The van der Waals surface area contributed by atoms with Gasteiger partial charge in [-0.2, -0.15) is 0 Å². The SMILES string of the molecule is CCCCCC1C=CC=C(c2ccnc(N=C3C=CC(C4CCC(C)CC4)CC3)c2C)C=N1. The van der Waals surface area contributed by atoms with Gasteiger partial charge in [-0.05, 0) is 80.1 Å². The van der Waals surface area contributed by atoms with Crippen molar-refractivity contribution < 1.29 is 0 Å². The minimum absolute atomic E-state index is 0.292. The van der Waals surface area contributed by atoms with E-state index in [0.717, 1.165) is 47.5 Å². The van der Waals surface area contributed by atoms with Crippen molar-refractivity contribution >= 4 is 23.3 Å². The standard InChI is InChI=1S/C30H41N3/c1-4-5-6-9-27-10-7-8-26(21-32-27)29-19-20-31-30(23(29)3)33-28-17-15-25(16-18-28)24-13-11-22(2)12-14-24/h7-8,10,15,17,19-22,24-25,27H,4-6,9,11-14,16,18H2,1-3H3. The molecule has 0 saturated heterocycles. The van der Waals surface area contributed by atoms with Gasteiger partial charge < -0.3 is 0 Å². The summed E-state index contributed by atoms with van der Waals surface area (Å²) in [6.07, 6.45) is 28.0. The third-order valence-corrected chi connectivity index (χ3v) is 7.79. The van der Waals surface area contributed by atoms with Gasteiger partial charge in [-0.15, -0.1) is 0 Å². The maximum atomic E-state index is 4.98. The molecule has 3 heteroatoms. The molecule has 1 aliphatic heterocycles. The van der Waals surface area contributed by atoms with Crippen molar-refractivity contribution in [2.24, 2.45) is 27.7 Å². The normalized spacial score (nSPS) is 28.7. The Bertz CT molecular complexity index is 941. The van der Waals surface area contributed by atoms with E-state index in [-0.39, 0.29) is 0 Å². The van der Waals surface area contributed by atoms with Gasteiger partial charge in [0.15, 0.2) is 5.82 Å². The molecule has 4 rings (SSSR count). The summed E-state index contributed by atoms with van der Waals surface area (Å²) in [6, 6.07) is 2.39. The van der Waals surface area contributed by atoms with Crippen LogP contribution in [0.3, 0.4) is 0 Å². The number of hydrogen-bond donors (Lipinski definition) is 0. The van der Waals surface area contributed by atoms with Crippen molar-refractivity contribution in [1.29, 1.82) is 0 Å². The molecule has 2 unspecified atom stereocenters. The molecule has 1 aromatic heterocycles. The Hall–Kier alpha value is -2.29. The molecule has 1 aromatic rings. The largest absolute Gasteiger partial charge is 0.285 e. The van der Waals surface area contributed by atoms with Crippen LogP contribution in [0.15, 0.2) is 52.6 Å². The lowest BCUT2D eigenvalue weighted by atomic mass is 9.73. The zero-order chi connectivity index (χ0) is 23.0. The fraction of sp³-hybridized carbons (Fsp3) is 0.567. The van der Waals surface area contributed by atoms with Crippen LogP contribution in [-0.4, -0.2) is 23.0 Å². The summed E-state index contributed by atoms with van der Waals surface area (Å²) < 4.78 is 0. The van der Waals surface area contributed by atoms with E-state index in [9.17, 15) is 0 Å². The van der Waals surface area contributed by atoms with Crippen molar-refractivity contribution in [1.82, 2.24) is 4.98 Å². The number of pyridine rings is 1. The Kier molecular flexibility index (Phi) is 8.47. The molecule has 1 fully saturated rings. The van der Waals surface area contributed by atoms with Crippen LogP contribution in [0.5, 0.6) is 0 Å². The van der Waals surface area contributed by atoms with Crippen LogP contribution in [0.1, 0.15) is 89.2 Å². The molecule has 3 aliphatic rings. The molecule has 2 aliphatic carbocycles. The van der Waals surface area contributed by atoms with Gasteiger partial charge in [0.1, 0.15) is 0 Å². The molecule has 0 amide bonds. The molecule has 0 radical (unpaired) electrons. The van der Waals surface area contributed by atoms with Gasteiger partial charge in [0.2, 0.25) is 0 Å². The predicted octanol–water partition coefficient (Wildman–Crippen LogP) is 8.23. The number of aliphatic imine (C=N–C) groups is 2. The van der Waals surface area contributed by atoms with Crippen molar-refractivity contribution in [3.63, 3.8) is 0 Å². The van der Waals surface area contributed by atoms with Gasteiger partial charge in [-0.1, -0.05) is 70.3 Å². The second-order valence-electron chi connectivity index (χ2n) is 10.3. The van der Waals surface area contributed by atoms with E-state index in [1.807, 2.05) is 12.4 Å². The van der Waals surface area contributed by atoms with Crippen LogP contribution < -0.4 is 0 Å². The predicted molar refractivity (Wildman–Crippen MR) is 143 cm³/mol. The van der Waals surface area contributed by atoms with Crippen LogP contribution >= 0.6 is 0 Å². The molecule has 0 spiro atoms. The van der Waals surface area contributed by atoms with Gasteiger partial charge in [0.05, 0.1) is 6.04 Å². The first-order valence-electron chi connectivity index (χ1n) is 13.3. The molecule has 2 heterocycles. The minimum atomic E-state index is 0.292. The summed E-state index contributed by atoms with van der Waals surface area (Å²) in [6.45, 7) is 6.79. The van der Waals surface area contributed by atoms with Crippen LogP contribution in [0, 0.1) is 24.7 Å². The third-order valence-electron chi connectivity index (χ3n) is 7.79. The van der Waals surface area contributed by atoms with Gasteiger partial charge in [-0.25, -0.2) is 9.98 Å². The van der Waals surface area contributed by atoms with E-state index in [2.05, 4.69) is 62.2 Å². The highest BCUT2D eigenvalue weighted by molar-refractivity contribution is 6.11. The highest BCUT2D eigenvalue weighted by Gasteiger charge is 2.26. The average Bonchev–Trinajstić information content (AvgIpc) is 3.07. The van der Waals surface area contributed by atoms with E-state index in [1.54, 1.807) is 0 Å². The lowest BCUT2D eigenvalue weighted by Crippen LogP contribution is -2.22. The van der Waals surface area contributed by atoms with Crippen LogP contribution in [0.4, 0.5) is 5.82 Å². The maximum Gasteiger partial charge on any atom is 0.155 e. The number of aromatic nitrogens is 1. The Balaban J connectivity index is 1.44. The maximum absolute atomic E-state index is 4.98. The minimum Gasteiger partial charge on any atom is -0.285 e. The lowest BCUT2D eigenvalue weighted by Gasteiger charge is -2.32. The van der Waals surface area contributed by atoms with Gasteiger partial charge in [-0.3, -0.25) is 4.99 Å². The molecule has 2 atom stereocenters. The number of allylic oxidation sites excluding steroid dienone is 5. The Morgan fingerprint density at radius 3 is 2.67 bits per heavy atom. The molecule has 1 saturated carbocycles. The number of rotatable bonds is 7. The fourth-order valence-electron chi connectivity index (χ4n) is 5.50. The second-order valence-corrected chi connectivity index (χ2v) is 10.3. The quantitative estimate of drug-likeness (QED) is 0.391. The molecule has 0 bridgehead atoms. The van der Waals surface area contributed by atoms with E-state index in [1.165, 1.54) is 62.6 Å². The molecule has 0 N–H and O–H groups in total. The first kappa shape index (κ1) is 23.9. The smallest absolute Gasteiger partial charge is 0.155 e. The van der Waals surface area contributed by atoms with Crippen molar-refractivity contribution in [2.75, 3.05) is 0 Å². The second kappa shape index (κ2) is 11.7. The van der Waals surface area contributed by atoms with Crippen LogP contribution in [0.25, 0.3) is 5.57 Å². The fourth-order valence-corrected chi connectivity index (χ4v) is 5.50. The monoisotopic (exact) mass is 443 g/mol. The van der Waals surface area contributed by atoms with E-state index in [4.69, 9.17) is 9.98 Å². The molecular weight excluding hydrogens is 402 g/mol. The lowest BCUT2D eigenvalue weighted by molar-refractivity contribution is 0.233. The van der Waals surface area contributed by atoms with E-state index in [0.29, 0.717) is 6.04 Å². The Morgan fingerprint density at radius 2 is 1.91 bits per heavy atom. The van der Waals surface area contributed by atoms with E-state index < -0.39 is 0 Å².